The first-order valence-corrected chi connectivity index (χ1v) is 11.8. The van der Waals surface area contributed by atoms with Gasteiger partial charge >= 0.3 is 6.09 Å². The molecule has 1 aliphatic heterocycles. The lowest BCUT2D eigenvalue weighted by molar-refractivity contribution is 0.140. The van der Waals surface area contributed by atoms with Crippen molar-refractivity contribution in [1.82, 2.24) is 19.7 Å². The molecule has 3 heterocycles. The molecule has 0 bridgehead atoms. The molecule has 3 aromatic rings. The predicted octanol–water partition coefficient (Wildman–Crippen LogP) is 5.08. The summed E-state index contributed by atoms with van der Waals surface area (Å²) in [6, 6.07) is 11.8. The molecule has 1 amide bonds. The fraction of sp³-hybridized carbons (Fsp3) is 0.400. The zero-order valence-electron chi connectivity index (χ0n) is 18.9. The van der Waals surface area contributed by atoms with Gasteiger partial charge in [0.1, 0.15) is 0 Å². The zero-order valence-corrected chi connectivity index (χ0v) is 18.9. The van der Waals surface area contributed by atoms with E-state index in [1.54, 1.807) is 17.3 Å². The third kappa shape index (κ3) is 4.71. The number of nitriles is 1. The van der Waals surface area contributed by atoms with E-state index < -0.39 is 0 Å². The third-order valence-corrected chi connectivity index (χ3v) is 6.54. The molecule has 174 valence electrons. The molecule has 1 aromatic carbocycles. The van der Waals surface area contributed by atoms with Gasteiger partial charge in [0.15, 0.2) is 0 Å². The SMILES string of the molecule is N#CCC(C1CCCC1)n1cc(-c2ccnc(Nc3ccc(N4CCCOC4=O)cc3)n2)cn1. The van der Waals surface area contributed by atoms with Crippen LogP contribution in [0.2, 0.25) is 0 Å². The maximum atomic E-state index is 11.9. The Kier molecular flexibility index (Phi) is 6.38. The van der Waals surface area contributed by atoms with Crippen LogP contribution in [-0.2, 0) is 4.74 Å². The summed E-state index contributed by atoms with van der Waals surface area (Å²) in [5, 5.41) is 17.1. The number of rotatable bonds is 7. The average molecular weight is 458 g/mol. The fourth-order valence-corrected chi connectivity index (χ4v) is 4.78. The number of anilines is 3. The Morgan fingerprint density at radius 2 is 2.00 bits per heavy atom. The van der Waals surface area contributed by atoms with Crippen molar-refractivity contribution in [3.8, 4) is 17.3 Å². The van der Waals surface area contributed by atoms with E-state index in [0.29, 0.717) is 31.4 Å². The topological polar surface area (TPSA) is 109 Å². The summed E-state index contributed by atoms with van der Waals surface area (Å²) in [4.78, 5) is 22.6. The van der Waals surface area contributed by atoms with Crippen LogP contribution in [0.5, 0.6) is 0 Å². The van der Waals surface area contributed by atoms with Crippen molar-refractivity contribution in [3.63, 3.8) is 0 Å². The van der Waals surface area contributed by atoms with Gasteiger partial charge < -0.3 is 10.1 Å². The summed E-state index contributed by atoms with van der Waals surface area (Å²) in [7, 11) is 0. The van der Waals surface area contributed by atoms with E-state index in [4.69, 9.17) is 4.74 Å². The largest absolute Gasteiger partial charge is 0.449 e. The lowest BCUT2D eigenvalue weighted by Crippen LogP contribution is -2.37. The molecule has 1 atom stereocenters. The van der Waals surface area contributed by atoms with Crippen LogP contribution < -0.4 is 10.2 Å². The van der Waals surface area contributed by atoms with Gasteiger partial charge in [-0.15, -0.1) is 0 Å². The van der Waals surface area contributed by atoms with E-state index in [9.17, 15) is 10.1 Å². The second kappa shape index (κ2) is 9.91. The maximum absolute atomic E-state index is 11.9. The molecule has 9 heteroatoms. The summed E-state index contributed by atoms with van der Waals surface area (Å²) in [5.74, 6) is 0.976. The van der Waals surface area contributed by atoms with Crippen LogP contribution in [-0.4, -0.2) is 39.0 Å². The van der Waals surface area contributed by atoms with Crippen molar-refractivity contribution in [3.05, 3.63) is 48.9 Å². The van der Waals surface area contributed by atoms with Crippen molar-refractivity contribution in [2.75, 3.05) is 23.4 Å². The van der Waals surface area contributed by atoms with Crippen LogP contribution in [0.4, 0.5) is 22.1 Å². The molecule has 5 rings (SSSR count). The number of amides is 1. The van der Waals surface area contributed by atoms with Gasteiger partial charge in [-0.3, -0.25) is 9.58 Å². The molecule has 1 N–H and O–H groups in total. The number of benzene rings is 1. The molecule has 2 aliphatic rings. The number of aromatic nitrogens is 4. The molecule has 2 aromatic heterocycles. The van der Waals surface area contributed by atoms with Crippen molar-refractivity contribution < 1.29 is 9.53 Å². The Balaban J connectivity index is 1.29. The molecular weight excluding hydrogens is 430 g/mol. The number of hydrogen-bond donors (Lipinski definition) is 1. The minimum atomic E-state index is -0.312. The van der Waals surface area contributed by atoms with Crippen molar-refractivity contribution >= 4 is 23.4 Å². The minimum Gasteiger partial charge on any atom is -0.449 e. The lowest BCUT2D eigenvalue weighted by Gasteiger charge is -2.26. The summed E-state index contributed by atoms with van der Waals surface area (Å²) in [5.41, 5.74) is 3.27. The van der Waals surface area contributed by atoms with Crippen LogP contribution in [0.15, 0.2) is 48.9 Å². The van der Waals surface area contributed by atoms with Crippen LogP contribution in [0.1, 0.15) is 44.6 Å². The number of ether oxygens (including phenoxy) is 1. The second-order valence-electron chi connectivity index (χ2n) is 8.74. The Hall–Kier alpha value is -3.93. The first-order valence-electron chi connectivity index (χ1n) is 11.8. The molecule has 1 unspecified atom stereocenters. The Morgan fingerprint density at radius 3 is 2.76 bits per heavy atom. The van der Waals surface area contributed by atoms with Gasteiger partial charge in [0, 0.05) is 35.9 Å². The van der Waals surface area contributed by atoms with Gasteiger partial charge in [0.05, 0.1) is 37.0 Å². The zero-order chi connectivity index (χ0) is 23.3. The molecule has 0 spiro atoms. The van der Waals surface area contributed by atoms with E-state index in [-0.39, 0.29) is 12.1 Å². The Labute approximate surface area is 198 Å². The van der Waals surface area contributed by atoms with E-state index in [1.807, 2.05) is 41.2 Å². The van der Waals surface area contributed by atoms with Crippen LogP contribution in [0.25, 0.3) is 11.3 Å². The molecule has 2 fully saturated rings. The second-order valence-corrected chi connectivity index (χ2v) is 8.74. The molecule has 1 saturated carbocycles. The molecular formula is C25H27N7O2. The molecule has 0 radical (unpaired) electrons. The first-order chi connectivity index (χ1) is 16.7. The highest BCUT2D eigenvalue weighted by atomic mass is 16.6. The minimum absolute atomic E-state index is 0.108. The van der Waals surface area contributed by atoms with Crippen molar-refractivity contribution in [2.45, 2.75) is 44.6 Å². The predicted molar refractivity (Wildman–Crippen MR) is 128 cm³/mol. The highest BCUT2D eigenvalue weighted by Crippen LogP contribution is 2.36. The molecule has 1 saturated heterocycles. The van der Waals surface area contributed by atoms with Gasteiger partial charge in [0.25, 0.3) is 0 Å². The van der Waals surface area contributed by atoms with Crippen LogP contribution in [0.3, 0.4) is 0 Å². The van der Waals surface area contributed by atoms with Crippen molar-refractivity contribution in [1.29, 1.82) is 5.26 Å². The number of carbonyl (C=O) groups excluding carboxylic acids is 1. The summed E-state index contributed by atoms with van der Waals surface area (Å²) in [6.45, 7) is 1.13. The number of hydrogen-bond acceptors (Lipinski definition) is 7. The highest BCUT2D eigenvalue weighted by molar-refractivity contribution is 5.88. The van der Waals surface area contributed by atoms with Crippen LogP contribution in [0, 0.1) is 17.2 Å². The van der Waals surface area contributed by atoms with Crippen molar-refractivity contribution in [2.24, 2.45) is 5.92 Å². The van der Waals surface area contributed by atoms with E-state index in [2.05, 4.69) is 26.5 Å². The van der Waals surface area contributed by atoms with Gasteiger partial charge in [-0.2, -0.15) is 10.4 Å². The lowest BCUT2D eigenvalue weighted by atomic mass is 9.96. The van der Waals surface area contributed by atoms with E-state index in [0.717, 1.165) is 41.9 Å². The fourth-order valence-electron chi connectivity index (χ4n) is 4.78. The monoisotopic (exact) mass is 457 g/mol. The standard InChI is InChI=1S/C25H27N7O2/c26-12-10-23(18-4-1-2-5-18)32-17-19(16-28-32)22-11-13-27-24(30-22)29-20-6-8-21(9-7-20)31-14-3-15-34-25(31)33/h6-9,11,13,16-18,23H,1-5,10,14-15H2,(H,27,29,30). The van der Waals surface area contributed by atoms with Gasteiger partial charge in [0.2, 0.25) is 5.95 Å². The normalized spacial score (nSPS) is 17.3. The Bertz CT molecular complexity index is 1180. The third-order valence-electron chi connectivity index (χ3n) is 6.54. The number of cyclic esters (lactones) is 1. The Morgan fingerprint density at radius 1 is 1.18 bits per heavy atom. The highest BCUT2D eigenvalue weighted by Gasteiger charge is 2.27. The van der Waals surface area contributed by atoms with E-state index >= 15 is 0 Å². The summed E-state index contributed by atoms with van der Waals surface area (Å²) < 4.78 is 7.05. The van der Waals surface area contributed by atoms with Gasteiger partial charge in [-0.25, -0.2) is 14.8 Å². The summed E-state index contributed by atoms with van der Waals surface area (Å²) in [6.07, 6.45) is 11.2. The maximum Gasteiger partial charge on any atom is 0.414 e. The van der Waals surface area contributed by atoms with Crippen LogP contribution >= 0.6 is 0 Å². The smallest absolute Gasteiger partial charge is 0.414 e. The van der Waals surface area contributed by atoms with Gasteiger partial charge in [-0.1, -0.05) is 12.8 Å². The number of nitrogens with one attached hydrogen (secondary N) is 1. The molecule has 1 aliphatic carbocycles. The number of carbonyl (C=O) groups is 1. The molecule has 34 heavy (non-hydrogen) atoms. The quantitative estimate of drug-likeness (QED) is 0.527. The summed E-state index contributed by atoms with van der Waals surface area (Å²) >= 11 is 0. The van der Waals surface area contributed by atoms with Gasteiger partial charge in [-0.05, 0) is 55.5 Å². The molecule has 9 nitrogen and oxygen atoms in total. The van der Waals surface area contributed by atoms with E-state index in [1.165, 1.54) is 12.8 Å². The average Bonchev–Trinajstić information content (AvgIpc) is 3.57. The first kappa shape index (κ1) is 21.9. The number of nitrogens with zero attached hydrogens (tertiary/aromatic N) is 6.